The van der Waals surface area contributed by atoms with Gasteiger partial charge in [-0.15, -0.1) is 0 Å². The summed E-state index contributed by atoms with van der Waals surface area (Å²) in [6.45, 7) is 3.59. The minimum absolute atomic E-state index is 0.199. The van der Waals surface area contributed by atoms with E-state index >= 15 is 0 Å². The van der Waals surface area contributed by atoms with Gasteiger partial charge in [-0.25, -0.2) is 9.37 Å². The number of nitrogens with two attached hydrogens (primary N) is 1. The number of rotatable bonds is 4. The van der Waals surface area contributed by atoms with Crippen LogP contribution in [0.4, 0.5) is 4.39 Å². The van der Waals surface area contributed by atoms with E-state index in [1.165, 1.54) is 25.3 Å². The Kier molecular flexibility index (Phi) is 3.05. The summed E-state index contributed by atoms with van der Waals surface area (Å²) >= 11 is 0. The Bertz CT molecular complexity index is 593. The molecule has 1 fully saturated rings. The number of imidazole rings is 1. The second kappa shape index (κ2) is 4.60. The van der Waals surface area contributed by atoms with Crippen LogP contribution < -0.4 is 5.73 Å². The number of aryl methyl sites for hydroxylation is 1. The summed E-state index contributed by atoms with van der Waals surface area (Å²) in [5.41, 5.74) is 7.50. The summed E-state index contributed by atoms with van der Waals surface area (Å²) in [5, 5.41) is 0. The molecule has 1 aromatic heterocycles. The Labute approximate surface area is 112 Å². The van der Waals surface area contributed by atoms with Crippen molar-refractivity contribution in [1.82, 2.24) is 9.55 Å². The number of halogens is 1. The predicted octanol–water partition coefficient (Wildman–Crippen LogP) is 2.87. The number of benzene rings is 1. The van der Waals surface area contributed by atoms with Crippen molar-refractivity contribution in [3.8, 4) is 0 Å². The monoisotopic (exact) mass is 261 g/mol. The van der Waals surface area contributed by atoms with Crippen molar-refractivity contribution in [3.63, 3.8) is 0 Å². The summed E-state index contributed by atoms with van der Waals surface area (Å²) in [5.74, 6) is 0.745. The van der Waals surface area contributed by atoms with Crippen LogP contribution >= 0.6 is 0 Å². The van der Waals surface area contributed by atoms with Crippen LogP contribution in [-0.4, -0.2) is 16.1 Å². The van der Waals surface area contributed by atoms with Crippen LogP contribution in [0.3, 0.4) is 0 Å². The van der Waals surface area contributed by atoms with Crippen LogP contribution in [0.25, 0.3) is 11.0 Å². The van der Waals surface area contributed by atoms with Crippen LogP contribution in [0.2, 0.25) is 0 Å². The maximum Gasteiger partial charge on any atom is 0.151 e. The first-order valence-corrected chi connectivity index (χ1v) is 7.03. The number of nitrogens with zero attached hydrogens (tertiary/aromatic N) is 2. The van der Waals surface area contributed by atoms with Crippen LogP contribution in [0.15, 0.2) is 18.2 Å². The highest BCUT2D eigenvalue weighted by atomic mass is 19.1. The van der Waals surface area contributed by atoms with Gasteiger partial charge in [-0.2, -0.15) is 0 Å². The Hall–Kier alpha value is -1.42. The summed E-state index contributed by atoms with van der Waals surface area (Å²) in [6.07, 6.45) is 4.45. The van der Waals surface area contributed by atoms with Crippen LogP contribution in [0.5, 0.6) is 0 Å². The Balaban J connectivity index is 2.05. The van der Waals surface area contributed by atoms with Crippen molar-refractivity contribution in [3.05, 3.63) is 29.8 Å². The lowest BCUT2D eigenvalue weighted by Gasteiger charge is -2.40. The van der Waals surface area contributed by atoms with Gasteiger partial charge in [0.25, 0.3) is 0 Å². The van der Waals surface area contributed by atoms with Crippen molar-refractivity contribution < 1.29 is 4.39 Å². The molecule has 0 unspecified atom stereocenters. The SMILES string of the molecule is CCn1c(CC2(CN)CCC2)nc2c(F)cccc21. The number of fused-ring (bicyclic) bond motifs is 1. The van der Waals surface area contributed by atoms with Crippen molar-refractivity contribution in [1.29, 1.82) is 0 Å². The van der Waals surface area contributed by atoms with Crippen LogP contribution in [-0.2, 0) is 13.0 Å². The fourth-order valence-corrected chi connectivity index (χ4v) is 3.11. The highest BCUT2D eigenvalue weighted by Gasteiger charge is 2.37. The largest absolute Gasteiger partial charge is 0.330 e. The van der Waals surface area contributed by atoms with E-state index in [0.717, 1.165) is 24.3 Å². The lowest BCUT2D eigenvalue weighted by molar-refractivity contribution is 0.140. The number of aromatic nitrogens is 2. The third-order valence-corrected chi connectivity index (χ3v) is 4.51. The van der Waals surface area contributed by atoms with E-state index < -0.39 is 0 Å². The molecule has 19 heavy (non-hydrogen) atoms. The van der Waals surface area contributed by atoms with Gasteiger partial charge >= 0.3 is 0 Å². The molecule has 0 amide bonds. The van der Waals surface area contributed by atoms with Crippen molar-refractivity contribution in [2.24, 2.45) is 11.1 Å². The molecule has 1 heterocycles. The average Bonchev–Trinajstić information content (AvgIpc) is 2.72. The van der Waals surface area contributed by atoms with Gasteiger partial charge in [-0.1, -0.05) is 12.5 Å². The van der Waals surface area contributed by atoms with E-state index in [9.17, 15) is 4.39 Å². The predicted molar refractivity (Wildman–Crippen MR) is 74.4 cm³/mol. The molecule has 1 aliphatic rings. The molecule has 3 rings (SSSR count). The minimum Gasteiger partial charge on any atom is -0.330 e. The molecule has 0 radical (unpaired) electrons. The molecule has 0 atom stereocenters. The first kappa shape index (κ1) is 12.6. The number of hydrogen-bond acceptors (Lipinski definition) is 2. The first-order valence-electron chi connectivity index (χ1n) is 7.03. The van der Waals surface area contributed by atoms with E-state index in [2.05, 4.69) is 16.5 Å². The van der Waals surface area contributed by atoms with E-state index in [1.807, 2.05) is 6.07 Å². The molecule has 1 aromatic carbocycles. The molecule has 2 aromatic rings. The van der Waals surface area contributed by atoms with E-state index in [0.29, 0.717) is 12.1 Å². The smallest absolute Gasteiger partial charge is 0.151 e. The second-order valence-corrected chi connectivity index (χ2v) is 5.61. The molecule has 1 saturated carbocycles. The second-order valence-electron chi connectivity index (χ2n) is 5.61. The summed E-state index contributed by atoms with van der Waals surface area (Å²) < 4.78 is 15.9. The van der Waals surface area contributed by atoms with Crippen molar-refractivity contribution in [2.45, 2.75) is 39.2 Å². The zero-order valence-corrected chi connectivity index (χ0v) is 11.3. The summed E-state index contributed by atoms with van der Waals surface area (Å²) in [7, 11) is 0. The Morgan fingerprint density at radius 3 is 2.79 bits per heavy atom. The Morgan fingerprint density at radius 1 is 1.42 bits per heavy atom. The third kappa shape index (κ3) is 1.94. The van der Waals surface area contributed by atoms with Crippen LogP contribution in [0, 0.1) is 11.2 Å². The maximum atomic E-state index is 13.8. The van der Waals surface area contributed by atoms with Crippen molar-refractivity contribution in [2.75, 3.05) is 6.54 Å². The molecule has 4 heteroatoms. The topological polar surface area (TPSA) is 43.8 Å². The van der Waals surface area contributed by atoms with Gasteiger partial charge in [0.05, 0.1) is 5.52 Å². The molecule has 1 aliphatic carbocycles. The molecular formula is C15H20FN3. The molecule has 0 aliphatic heterocycles. The van der Waals surface area contributed by atoms with Crippen molar-refractivity contribution >= 4 is 11.0 Å². The molecule has 2 N–H and O–H groups in total. The van der Waals surface area contributed by atoms with Crippen LogP contribution in [0.1, 0.15) is 32.0 Å². The number of hydrogen-bond donors (Lipinski definition) is 1. The molecule has 0 bridgehead atoms. The van der Waals surface area contributed by atoms with Gasteiger partial charge in [0, 0.05) is 13.0 Å². The van der Waals surface area contributed by atoms with Gasteiger partial charge in [0.2, 0.25) is 0 Å². The molecule has 0 spiro atoms. The molecular weight excluding hydrogens is 241 g/mol. The van der Waals surface area contributed by atoms with Gasteiger partial charge in [0.15, 0.2) is 5.82 Å². The highest BCUT2D eigenvalue weighted by Crippen LogP contribution is 2.42. The normalized spacial score (nSPS) is 17.6. The lowest BCUT2D eigenvalue weighted by atomic mass is 9.66. The minimum atomic E-state index is -0.235. The average molecular weight is 261 g/mol. The highest BCUT2D eigenvalue weighted by molar-refractivity contribution is 5.76. The van der Waals surface area contributed by atoms with E-state index in [-0.39, 0.29) is 11.2 Å². The molecule has 0 saturated heterocycles. The van der Waals surface area contributed by atoms with Gasteiger partial charge in [0.1, 0.15) is 11.3 Å². The zero-order valence-electron chi connectivity index (χ0n) is 11.3. The fourth-order valence-electron chi connectivity index (χ4n) is 3.11. The number of para-hydroxylation sites is 1. The lowest BCUT2D eigenvalue weighted by Crippen LogP contribution is -2.39. The summed E-state index contributed by atoms with van der Waals surface area (Å²) in [4.78, 5) is 4.53. The van der Waals surface area contributed by atoms with E-state index in [4.69, 9.17) is 5.73 Å². The Morgan fingerprint density at radius 2 is 2.21 bits per heavy atom. The quantitative estimate of drug-likeness (QED) is 0.919. The van der Waals surface area contributed by atoms with Gasteiger partial charge in [-0.3, -0.25) is 0 Å². The zero-order chi connectivity index (χ0) is 13.5. The maximum absolute atomic E-state index is 13.8. The fraction of sp³-hybridized carbons (Fsp3) is 0.533. The standard InChI is InChI=1S/C15H20FN3/c1-2-19-12-6-3-5-11(16)14(12)18-13(19)9-15(10-17)7-4-8-15/h3,5-6H,2,4,7-10,17H2,1H3. The third-order valence-electron chi connectivity index (χ3n) is 4.51. The van der Waals surface area contributed by atoms with E-state index in [1.54, 1.807) is 6.07 Å². The van der Waals surface area contributed by atoms with Gasteiger partial charge in [-0.05, 0) is 43.9 Å². The first-order chi connectivity index (χ1) is 9.19. The molecule has 102 valence electrons. The van der Waals surface area contributed by atoms with Gasteiger partial charge < -0.3 is 10.3 Å². The summed E-state index contributed by atoms with van der Waals surface area (Å²) in [6, 6.07) is 5.16. The molecule has 3 nitrogen and oxygen atoms in total.